The standard InChI is InChI=1S/C16H20O4/c1-15(2)12(10-6-8-11(19-5)9-7-10)20-14(18)16(3,4)13(15)17/h6-9,12H,1-5H3/t12-/m1/s1. The SMILES string of the molecule is COc1ccc([C@H]2OC(=O)C(C)(C)C(=O)C2(C)C)cc1. The van der Waals surface area contributed by atoms with E-state index in [0.29, 0.717) is 0 Å². The maximum absolute atomic E-state index is 12.6. The summed E-state index contributed by atoms with van der Waals surface area (Å²) in [5.74, 6) is 0.157. The number of hydrogen-bond acceptors (Lipinski definition) is 4. The lowest BCUT2D eigenvalue weighted by Gasteiger charge is -2.43. The molecule has 1 heterocycles. The van der Waals surface area contributed by atoms with Crippen molar-refractivity contribution in [3.8, 4) is 5.75 Å². The van der Waals surface area contributed by atoms with Gasteiger partial charge in [-0.25, -0.2) is 0 Å². The van der Waals surface area contributed by atoms with Crippen molar-refractivity contribution in [1.29, 1.82) is 0 Å². The number of carbonyl (C=O) groups excluding carboxylic acids is 2. The summed E-state index contributed by atoms with van der Waals surface area (Å²) < 4.78 is 10.7. The monoisotopic (exact) mass is 276 g/mol. The number of benzene rings is 1. The summed E-state index contributed by atoms with van der Waals surface area (Å²) >= 11 is 0. The van der Waals surface area contributed by atoms with E-state index in [-0.39, 0.29) is 5.78 Å². The fraction of sp³-hybridized carbons (Fsp3) is 0.500. The predicted molar refractivity (Wildman–Crippen MR) is 74.4 cm³/mol. The molecule has 1 aliphatic heterocycles. The number of rotatable bonds is 2. The lowest BCUT2D eigenvalue weighted by atomic mass is 9.67. The van der Waals surface area contributed by atoms with Gasteiger partial charge in [0.1, 0.15) is 17.3 Å². The van der Waals surface area contributed by atoms with Crippen molar-refractivity contribution in [2.45, 2.75) is 33.8 Å². The first kappa shape index (κ1) is 14.6. The van der Waals surface area contributed by atoms with Crippen molar-refractivity contribution in [3.05, 3.63) is 29.8 Å². The topological polar surface area (TPSA) is 52.6 Å². The lowest BCUT2D eigenvalue weighted by Crippen LogP contribution is -2.52. The first-order valence-electron chi connectivity index (χ1n) is 6.61. The fourth-order valence-electron chi connectivity index (χ4n) is 2.68. The van der Waals surface area contributed by atoms with Crippen LogP contribution in [0.5, 0.6) is 5.75 Å². The van der Waals surface area contributed by atoms with Crippen LogP contribution >= 0.6 is 0 Å². The maximum Gasteiger partial charge on any atom is 0.319 e. The number of Topliss-reactive ketones (excluding diaryl/α,β-unsaturated/α-hetero) is 1. The minimum Gasteiger partial charge on any atom is -0.497 e. The van der Waals surface area contributed by atoms with Crippen LogP contribution in [0.15, 0.2) is 24.3 Å². The molecule has 1 aromatic carbocycles. The molecule has 1 aliphatic rings. The number of carbonyl (C=O) groups is 2. The smallest absolute Gasteiger partial charge is 0.319 e. The van der Waals surface area contributed by atoms with Crippen molar-refractivity contribution in [2.75, 3.05) is 7.11 Å². The highest BCUT2D eigenvalue weighted by Crippen LogP contribution is 2.47. The molecule has 0 aromatic heterocycles. The molecule has 0 aliphatic carbocycles. The average molecular weight is 276 g/mol. The van der Waals surface area contributed by atoms with Gasteiger partial charge in [-0.05, 0) is 45.4 Å². The molecule has 108 valence electrons. The van der Waals surface area contributed by atoms with E-state index in [0.717, 1.165) is 11.3 Å². The number of hydrogen-bond donors (Lipinski definition) is 0. The lowest BCUT2D eigenvalue weighted by molar-refractivity contribution is -0.186. The Balaban J connectivity index is 2.41. The highest BCUT2D eigenvalue weighted by Gasteiger charge is 2.55. The third kappa shape index (κ3) is 2.09. The molecule has 0 spiro atoms. The van der Waals surface area contributed by atoms with Crippen LogP contribution in [0.25, 0.3) is 0 Å². The van der Waals surface area contributed by atoms with Gasteiger partial charge in [0.25, 0.3) is 0 Å². The van der Waals surface area contributed by atoms with Gasteiger partial charge in [-0.15, -0.1) is 0 Å². The number of ketones is 1. The van der Waals surface area contributed by atoms with Crippen molar-refractivity contribution in [2.24, 2.45) is 10.8 Å². The minimum atomic E-state index is -1.09. The zero-order valence-electron chi connectivity index (χ0n) is 12.5. The largest absolute Gasteiger partial charge is 0.497 e. The first-order valence-corrected chi connectivity index (χ1v) is 6.61. The van der Waals surface area contributed by atoms with Crippen molar-refractivity contribution in [3.63, 3.8) is 0 Å². The van der Waals surface area contributed by atoms with Gasteiger partial charge in [0.2, 0.25) is 0 Å². The van der Waals surface area contributed by atoms with E-state index in [1.807, 2.05) is 26.0 Å². The van der Waals surface area contributed by atoms with E-state index in [1.165, 1.54) is 0 Å². The second-order valence-electron chi connectivity index (χ2n) is 6.23. The molecular weight excluding hydrogens is 256 g/mol. The Kier molecular flexibility index (Phi) is 3.36. The normalized spacial score (nSPS) is 24.1. The first-order chi connectivity index (χ1) is 9.21. The molecule has 1 atom stereocenters. The molecule has 4 heteroatoms. The van der Waals surface area contributed by atoms with Gasteiger partial charge < -0.3 is 9.47 Å². The van der Waals surface area contributed by atoms with Crippen LogP contribution in [0.1, 0.15) is 39.4 Å². The number of esters is 1. The summed E-state index contributed by atoms with van der Waals surface area (Å²) in [5, 5.41) is 0. The van der Waals surface area contributed by atoms with Gasteiger partial charge in [0, 0.05) is 0 Å². The van der Waals surface area contributed by atoms with Gasteiger partial charge in [0.15, 0.2) is 5.78 Å². The molecule has 0 unspecified atom stereocenters. The van der Waals surface area contributed by atoms with Crippen molar-refractivity contribution < 1.29 is 19.1 Å². The summed E-state index contributed by atoms with van der Waals surface area (Å²) in [6.07, 6.45) is -0.568. The van der Waals surface area contributed by atoms with Gasteiger partial charge in [-0.3, -0.25) is 9.59 Å². The highest BCUT2D eigenvalue weighted by molar-refractivity contribution is 6.07. The number of methoxy groups -OCH3 is 1. The van der Waals surface area contributed by atoms with E-state index in [9.17, 15) is 9.59 Å². The van der Waals surface area contributed by atoms with Crippen LogP contribution in [-0.4, -0.2) is 18.9 Å². The Bertz CT molecular complexity index is 540. The molecule has 0 bridgehead atoms. The van der Waals surface area contributed by atoms with E-state index < -0.39 is 22.9 Å². The van der Waals surface area contributed by atoms with Gasteiger partial charge in [0.05, 0.1) is 12.5 Å². The second-order valence-corrected chi connectivity index (χ2v) is 6.23. The third-order valence-electron chi connectivity index (χ3n) is 3.96. The van der Waals surface area contributed by atoms with Gasteiger partial charge in [-0.2, -0.15) is 0 Å². The van der Waals surface area contributed by atoms with Crippen molar-refractivity contribution >= 4 is 11.8 Å². The molecular formula is C16H20O4. The Labute approximate surface area is 119 Å². The summed E-state index contributed by atoms with van der Waals surface area (Å²) in [6, 6.07) is 7.24. The summed E-state index contributed by atoms with van der Waals surface area (Å²) in [4.78, 5) is 24.6. The zero-order chi connectivity index (χ0) is 15.1. The van der Waals surface area contributed by atoms with E-state index in [2.05, 4.69) is 0 Å². The van der Waals surface area contributed by atoms with Crippen LogP contribution in [0, 0.1) is 10.8 Å². The van der Waals surface area contributed by atoms with Crippen LogP contribution in [-0.2, 0) is 14.3 Å². The molecule has 0 radical (unpaired) electrons. The summed E-state index contributed by atoms with van der Waals surface area (Å²) in [5.41, 5.74) is -1.05. The Morgan fingerprint density at radius 3 is 2.10 bits per heavy atom. The Morgan fingerprint density at radius 1 is 1.05 bits per heavy atom. The van der Waals surface area contributed by atoms with Crippen LogP contribution in [0.3, 0.4) is 0 Å². The van der Waals surface area contributed by atoms with E-state index in [1.54, 1.807) is 33.1 Å². The van der Waals surface area contributed by atoms with Crippen LogP contribution < -0.4 is 4.74 Å². The average Bonchev–Trinajstić information content (AvgIpc) is 2.42. The molecule has 1 saturated heterocycles. The highest BCUT2D eigenvalue weighted by atomic mass is 16.5. The van der Waals surface area contributed by atoms with Gasteiger partial charge in [-0.1, -0.05) is 12.1 Å². The van der Waals surface area contributed by atoms with Crippen LogP contribution in [0.2, 0.25) is 0 Å². The molecule has 4 nitrogen and oxygen atoms in total. The summed E-state index contributed by atoms with van der Waals surface area (Å²) in [6.45, 7) is 6.87. The molecule has 1 fully saturated rings. The Morgan fingerprint density at radius 2 is 1.60 bits per heavy atom. The molecule has 0 N–H and O–H groups in total. The Hall–Kier alpha value is -1.84. The fourth-order valence-corrected chi connectivity index (χ4v) is 2.68. The quantitative estimate of drug-likeness (QED) is 0.615. The molecule has 20 heavy (non-hydrogen) atoms. The number of ether oxygens (including phenoxy) is 2. The third-order valence-corrected chi connectivity index (χ3v) is 3.96. The van der Waals surface area contributed by atoms with Gasteiger partial charge >= 0.3 is 5.97 Å². The maximum atomic E-state index is 12.6. The second kappa shape index (κ2) is 4.62. The zero-order valence-corrected chi connectivity index (χ0v) is 12.5. The van der Waals surface area contributed by atoms with E-state index in [4.69, 9.17) is 9.47 Å². The number of cyclic esters (lactones) is 1. The van der Waals surface area contributed by atoms with E-state index >= 15 is 0 Å². The summed E-state index contributed by atoms with van der Waals surface area (Å²) in [7, 11) is 1.59. The molecule has 0 amide bonds. The van der Waals surface area contributed by atoms with Crippen LogP contribution in [0.4, 0.5) is 0 Å². The molecule has 1 aromatic rings. The predicted octanol–water partition coefficient (Wildman–Crippen LogP) is 2.91. The van der Waals surface area contributed by atoms with Crippen molar-refractivity contribution in [1.82, 2.24) is 0 Å². The molecule has 2 rings (SSSR count). The minimum absolute atomic E-state index is 0.0953. The molecule has 0 saturated carbocycles.